The molecule has 0 radical (unpaired) electrons. The number of ether oxygens (including phenoxy) is 2. The van der Waals surface area contributed by atoms with Crippen molar-refractivity contribution in [2.24, 2.45) is 5.41 Å². The lowest BCUT2D eigenvalue weighted by atomic mass is 9.87. The van der Waals surface area contributed by atoms with Crippen LogP contribution >= 0.6 is 35.2 Å². The number of aromatic hydroxyl groups is 1. The second kappa shape index (κ2) is 21.1. The Kier molecular flexibility index (Phi) is 17.2. The largest absolute Gasteiger partial charge is 0.504 e. The topological polar surface area (TPSA) is 396 Å². The summed E-state index contributed by atoms with van der Waals surface area (Å²) in [6.45, 7) is 0.411. The summed E-state index contributed by atoms with van der Waals surface area (Å²) in [5.74, 6) is 1.56. The minimum Gasteiger partial charge on any atom is -0.504 e. The Bertz CT molecular complexity index is 2240. The molecule has 12 N–H and O–H groups in total. The van der Waals surface area contributed by atoms with Crippen LogP contribution in [0.3, 0.4) is 0 Å². The molecule has 338 valence electrons. The third kappa shape index (κ3) is 14.4. The Balaban J connectivity index is 1.20. The molecule has 2 aromatic heterocycles. The first-order valence-electron chi connectivity index (χ1n) is 17.5. The van der Waals surface area contributed by atoms with Gasteiger partial charge in [0.25, 0.3) is 0 Å². The van der Waals surface area contributed by atoms with E-state index in [1.54, 1.807) is 0 Å². The number of carbonyl (C=O) groups is 2. The Hall–Kier alpha value is -3.77. The standard InChI is InChI=1S/C31H44N7O19P3S/c1-31(2,26(43)29(44)34-8-6-22(41)33-9-11-61-10-7-18(39)17-4-5-19(40)20(12-17)52-3)14-54-60(50,51)57-59(48,49)53-13-21-25(56-58(45,46)47)24(42)30(55-21)38-16-37-23-27(32)35-15-36-28(23)38/h4-5,12,15-16,18,21,24-26,30,39-40,42-43H,6,8-9,11,13-14H2,1-3H3,(H,33,41)(H,34,44)(H,48,49)(H,50,51)(H2,32,35,36)(H2,45,46,47)/t18?,21-,24-,25-,26+,30-/m1/s1. The van der Waals surface area contributed by atoms with Crippen LogP contribution in [0, 0.1) is 16.6 Å². The van der Waals surface area contributed by atoms with Gasteiger partial charge in [-0.25, -0.2) is 28.6 Å². The number of benzene rings is 1. The molecule has 0 bridgehead atoms. The predicted octanol–water partition coefficient (Wildman–Crippen LogP) is -0.453. The van der Waals surface area contributed by atoms with Gasteiger partial charge in [0.1, 0.15) is 42.4 Å². The lowest BCUT2D eigenvalue weighted by Crippen LogP contribution is -2.46. The number of phosphoric acid groups is 3. The molecule has 2 amide bonds. The fraction of sp³-hybridized carbons (Fsp3) is 0.516. The summed E-state index contributed by atoms with van der Waals surface area (Å²) in [5.41, 5.74) is 4.64. The number of phenolic OH excluding ortho intramolecular Hbond substituents is 1. The van der Waals surface area contributed by atoms with Crippen molar-refractivity contribution in [1.82, 2.24) is 30.2 Å². The molecule has 3 aromatic rings. The van der Waals surface area contributed by atoms with E-state index in [9.17, 15) is 63.3 Å². The maximum absolute atomic E-state index is 12.7. The Labute approximate surface area is 350 Å². The number of aliphatic hydroxyl groups is 3. The van der Waals surface area contributed by atoms with E-state index in [1.807, 2.05) is 0 Å². The number of rotatable bonds is 21. The number of phenols is 1. The van der Waals surface area contributed by atoms with Crippen LogP contribution in [0.25, 0.3) is 11.2 Å². The van der Waals surface area contributed by atoms with Crippen LogP contribution in [0.5, 0.6) is 11.5 Å². The van der Waals surface area contributed by atoms with E-state index < -0.39 is 90.7 Å². The van der Waals surface area contributed by atoms with Gasteiger partial charge in [0.05, 0.1) is 26.7 Å². The summed E-state index contributed by atoms with van der Waals surface area (Å²) >= 11 is 1.12. The van der Waals surface area contributed by atoms with E-state index in [1.165, 1.54) is 39.2 Å². The van der Waals surface area contributed by atoms with Crippen LogP contribution in [-0.2, 0) is 45.9 Å². The summed E-state index contributed by atoms with van der Waals surface area (Å²) in [5, 5.41) is 49.0. The molecule has 61 heavy (non-hydrogen) atoms. The molecule has 3 unspecified atom stereocenters. The van der Waals surface area contributed by atoms with Crippen molar-refractivity contribution in [3.8, 4) is 22.7 Å². The molecule has 3 heterocycles. The summed E-state index contributed by atoms with van der Waals surface area (Å²) in [7, 11) is -15.1. The number of thioether (sulfide) groups is 1. The van der Waals surface area contributed by atoms with Crippen LogP contribution in [0.15, 0.2) is 30.9 Å². The number of aliphatic hydroxyl groups excluding tert-OH is 3. The van der Waals surface area contributed by atoms with Gasteiger partial charge in [-0.15, -0.1) is 0 Å². The molecule has 0 spiro atoms. The highest BCUT2D eigenvalue weighted by Gasteiger charge is 2.50. The third-order valence-corrected chi connectivity index (χ3v) is 12.2. The maximum atomic E-state index is 12.7. The first-order valence-corrected chi connectivity index (χ1v) is 23.0. The molecular weight excluding hydrogens is 899 g/mol. The SMILES string of the molecule is COc1cc(C(O)C#CSCCNC(=O)CCNC(=O)[C@H](O)C(C)(C)COP(=O)(O)OP(=O)(O)OC[C@H]2O[C@@H](n3cnc4c(N)ncnc43)[C@H](O)[C@@H]2OP(=O)(O)O)ccc1O. The lowest BCUT2D eigenvalue weighted by molar-refractivity contribution is -0.137. The van der Waals surface area contributed by atoms with Crippen molar-refractivity contribution in [3.05, 3.63) is 36.4 Å². The number of nitrogen functional groups attached to an aromatic ring is 1. The number of hydrogen-bond acceptors (Lipinski definition) is 20. The molecule has 0 saturated carbocycles. The van der Waals surface area contributed by atoms with Crippen molar-refractivity contribution < 1.29 is 90.6 Å². The van der Waals surface area contributed by atoms with Crippen LogP contribution < -0.4 is 21.1 Å². The van der Waals surface area contributed by atoms with Gasteiger partial charge in [0.15, 0.2) is 29.2 Å². The van der Waals surface area contributed by atoms with Crippen LogP contribution in [0.2, 0.25) is 0 Å². The lowest BCUT2D eigenvalue weighted by Gasteiger charge is -2.30. The Morgan fingerprint density at radius 3 is 2.46 bits per heavy atom. The highest BCUT2D eigenvalue weighted by molar-refractivity contribution is 8.03. The van der Waals surface area contributed by atoms with Crippen molar-refractivity contribution in [3.63, 3.8) is 0 Å². The van der Waals surface area contributed by atoms with E-state index in [-0.39, 0.29) is 48.0 Å². The molecular formula is C31H44N7O19P3S. The molecule has 8 atom stereocenters. The average Bonchev–Trinajstić information content (AvgIpc) is 3.74. The van der Waals surface area contributed by atoms with Crippen LogP contribution in [0.1, 0.15) is 38.2 Å². The number of nitrogens with two attached hydrogens (primary N) is 1. The van der Waals surface area contributed by atoms with Gasteiger partial charge in [-0.2, -0.15) is 4.31 Å². The second-order valence-corrected chi connectivity index (χ2v) is 18.6. The van der Waals surface area contributed by atoms with E-state index in [0.29, 0.717) is 11.3 Å². The molecule has 0 aliphatic carbocycles. The number of methoxy groups -OCH3 is 1. The van der Waals surface area contributed by atoms with E-state index in [4.69, 9.17) is 24.3 Å². The van der Waals surface area contributed by atoms with Gasteiger partial charge in [0, 0.05) is 30.7 Å². The number of imidazole rings is 1. The van der Waals surface area contributed by atoms with Crippen LogP contribution in [0.4, 0.5) is 5.82 Å². The number of aromatic nitrogens is 4. The average molecular weight is 944 g/mol. The first kappa shape index (κ1) is 49.9. The molecule has 4 rings (SSSR count). The van der Waals surface area contributed by atoms with Crippen LogP contribution in [-0.4, -0.2) is 135 Å². The van der Waals surface area contributed by atoms with Gasteiger partial charge >= 0.3 is 23.5 Å². The minimum absolute atomic E-state index is 0.0237. The van der Waals surface area contributed by atoms with Crippen molar-refractivity contribution in [2.45, 2.75) is 57.0 Å². The summed E-state index contributed by atoms with van der Waals surface area (Å²) in [6.07, 6.45) is -8.15. The number of fused-ring (bicyclic) bond motifs is 1. The van der Waals surface area contributed by atoms with Gasteiger partial charge in [-0.1, -0.05) is 37.6 Å². The number of hydrogen-bond donors (Lipinski definition) is 11. The maximum Gasteiger partial charge on any atom is 0.481 e. The van der Waals surface area contributed by atoms with Crippen molar-refractivity contribution in [1.29, 1.82) is 0 Å². The molecule has 1 aromatic carbocycles. The smallest absolute Gasteiger partial charge is 0.481 e. The van der Waals surface area contributed by atoms with E-state index in [2.05, 4.69) is 45.6 Å². The van der Waals surface area contributed by atoms with Gasteiger partial charge in [-0.05, 0) is 22.9 Å². The molecule has 1 aliphatic rings. The first-order chi connectivity index (χ1) is 28.4. The fourth-order valence-electron chi connectivity index (χ4n) is 5.28. The number of amides is 2. The Morgan fingerprint density at radius 1 is 1.07 bits per heavy atom. The zero-order valence-electron chi connectivity index (χ0n) is 32.3. The highest BCUT2D eigenvalue weighted by Crippen LogP contribution is 2.61. The van der Waals surface area contributed by atoms with Crippen molar-refractivity contribution >= 4 is 64.0 Å². The highest BCUT2D eigenvalue weighted by atomic mass is 32.2. The summed E-state index contributed by atoms with van der Waals surface area (Å²) < 4.78 is 67.2. The minimum atomic E-state index is -5.59. The molecule has 30 heteroatoms. The van der Waals surface area contributed by atoms with Crippen molar-refractivity contribution in [2.75, 3.05) is 44.9 Å². The zero-order valence-corrected chi connectivity index (χ0v) is 35.8. The Morgan fingerprint density at radius 2 is 1.77 bits per heavy atom. The van der Waals surface area contributed by atoms with Gasteiger partial charge in [-0.3, -0.25) is 27.7 Å². The second-order valence-electron chi connectivity index (χ2n) is 13.5. The summed E-state index contributed by atoms with van der Waals surface area (Å²) in [4.78, 5) is 75.8. The fourth-order valence-corrected chi connectivity index (χ4v) is 8.61. The number of nitrogens with one attached hydrogen (secondary N) is 2. The van der Waals surface area contributed by atoms with E-state index in [0.717, 1.165) is 29.0 Å². The van der Waals surface area contributed by atoms with E-state index >= 15 is 0 Å². The molecule has 1 aliphatic heterocycles. The monoisotopic (exact) mass is 943 g/mol. The number of nitrogens with zero attached hydrogens (tertiary/aromatic N) is 4. The van der Waals surface area contributed by atoms with Gasteiger partial charge < -0.3 is 65.8 Å². The third-order valence-electron chi connectivity index (χ3n) is 8.39. The normalized spacial score (nSPS) is 21.1. The number of phosphoric ester groups is 3. The molecule has 26 nitrogen and oxygen atoms in total. The number of anilines is 1. The number of carbonyl (C=O) groups excluding carboxylic acids is 2. The quantitative estimate of drug-likeness (QED) is 0.0366. The molecule has 1 saturated heterocycles. The predicted molar refractivity (Wildman–Crippen MR) is 209 cm³/mol. The summed E-state index contributed by atoms with van der Waals surface area (Å²) in [6, 6.07) is 4.29. The van der Waals surface area contributed by atoms with Gasteiger partial charge in [0.2, 0.25) is 11.8 Å². The zero-order chi connectivity index (χ0) is 45.3. The molecule has 1 fully saturated rings.